The highest BCUT2D eigenvalue weighted by atomic mass is 32.2. The Labute approximate surface area is 118 Å². The number of carbonyl (C=O) groups is 1. The lowest BCUT2D eigenvalue weighted by molar-refractivity contribution is 0.209. The Bertz CT molecular complexity index is 486. The summed E-state index contributed by atoms with van der Waals surface area (Å²) in [7, 11) is 0. The van der Waals surface area contributed by atoms with E-state index in [4.69, 9.17) is 0 Å². The second kappa shape index (κ2) is 4.40. The molecule has 2 aliphatic rings. The maximum atomic E-state index is 12.1. The molecule has 0 radical (unpaired) electrons. The van der Waals surface area contributed by atoms with Gasteiger partial charge in [-0.05, 0) is 35.6 Å². The molecule has 1 aromatic rings. The minimum Gasteiger partial charge on any atom is -0.324 e. The number of fused-ring (bicyclic) bond motifs is 1. The third kappa shape index (κ3) is 2.20. The van der Waals surface area contributed by atoms with Gasteiger partial charge >= 0.3 is 6.03 Å². The number of carbonyl (C=O) groups excluding carboxylic acids is 1. The smallest absolute Gasteiger partial charge is 0.323 e. The Kier molecular flexibility index (Phi) is 2.96. The molecule has 1 saturated carbocycles. The first-order valence-corrected chi connectivity index (χ1v) is 7.81. The van der Waals surface area contributed by atoms with Crippen LogP contribution in [0.4, 0.5) is 10.6 Å². The first kappa shape index (κ1) is 12.8. The van der Waals surface area contributed by atoms with Crippen LogP contribution in [0.3, 0.4) is 0 Å². The van der Waals surface area contributed by atoms with Gasteiger partial charge in [-0.3, -0.25) is 5.32 Å². The summed E-state index contributed by atoms with van der Waals surface area (Å²) < 4.78 is 0. The zero-order chi connectivity index (χ0) is 13.6. The molecule has 1 aliphatic heterocycles. The van der Waals surface area contributed by atoms with E-state index in [0.29, 0.717) is 23.1 Å². The molecule has 0 bridgehead atoms. The molecule has 0 spiro atoms. The van der Waals surface area contributed by atoms with E-state index in [0.717, 1.165) is 18.0 Å². The summed E-state index contributed by atoms with van der Waals surface area (Å²) in [6, 6.07) is 3.80. The number of likely N-dealkylation sites (tertiary alicyclic amines) is 1. The van der Waals surface area contributed by atoms with Gasteiger partial charge in [-0.25, -0.2) is 9.78 Å². The largest absolute Gasteiger partial charge is 0.324 e. The molecule has 1 aliphatic carbocycles. The van der Waals surface area contributed by atoms with Crippen molar-refractivity contribution in [3.8, 4) is 0 Å². The van der Waals surface area contributed by atoms with Crippen LogP contribution >= 0.6 is 11.8 Å². The Morgan fingerprint density at radius 2 is 2.11 bits per heavy atom. The van der Waals surface area contributed by atoms with Gasteiger partial charge in [-0.1, -0.05) is 13.8 Å². The van der Waals surface area contributed by atoms with Gasteiger partial charge in [0.25, 0.3) is 0 Å². The molecule has 102 valence electrons. The van der Waals surface area contributed by atoms with Crippen LogP contribution in [-0.4, -0.2) is 35.3 Å². The van der Waals surface area contributed by atoms with Crippen molar-refractivity contribution in [2.45, 2.75) is 18.7 Å². The summed E-state index contributed by atoms with van der Waals surface area (Å²) in [5.74, 6) is 2.00. The molecule has 1 aromatic heterocycles. The average molecular weight is 277 g/mol. The third-order valence-corrected chi connectivity index (χ3v) is 5.33. The minimum atomic E-state index is -0.0209. The van der Waals surface area contributed by atoms with Crippen LogP contribution in [0.2, 0.25) is 0 Å². The maximum Gasteiger partial charge on any atom is 0.323 e. The minimum absolute atomic E-state index is 0.0209. The molecule has 0 unspecified atom stereocenters. The number of aromatic nitrogens is 1. The van der Waals surface area contributed by atoms with Gasteiger partial charge in [0.2, 0.25) is 0 Å². The molecule has 2 amide bonds. The summed E-state index contributed by atoms with van der Waals surface area (Å²) in [5, 5.41) is 2.87. The highest BCUT2D eigenvalue weighted by Gasteiger charge is 2.62. The van der Waals surface area contributed by atoms with Crippen LogP contribution < -0.4 is 5.32 Å². The lowest BCUT2D eigenvalue weighted by Gasteiger charge is -2.22. The highest BCUT2D eigenvalue weighted by molar-refractivity contribution is 7.98. The molecule has 2 fully saturated rings. The summed E-state index contributed by atoms with van der Waals surface area (Å²) in [5.41, 5.74) is 0.440. The number of piperidine rings is 1. The third-order valence-electron chi connectivity index (χ3n) is 4.62. The van der Waals surface area contributed by atoms with E-state index < -0.39 is 0 Å². The predicted octanol–water partition coefficient (Wildman–Crippen LogP) is 2.92. The molecular formula is C14H19N3OS. The van der Waals surface area contributed by atoms with Crippen LogP contribution in [0.5, 0.6) is 0 Å². The van der Waals surface area contributed by atoms with Crippen molar-refractivity contribution >= 4 is 23.6 Å². The molecular weight excluding hydrogens is 258 g/mol. The lowest BCUT2D eigenvalue weighted by atomic mass is 10.1. The number of pyridine rings is 1. The number of anilines is 1. The standard InChI is InChI=1S/C14H19N3OS/c1-14(2)10-7-17(8-11(10)14)13(18)16-12-5-4-9(19-3)6-15-12/h4-6,10-11H,7-8H2,1-3H3,(H,15,16,18)/t10-,11+. The van der Waals surface area contributed by atoms with E-state index in [1.165, 1.54) is 0 Å². The number of hydrogen-bond donors (Lipinski definition) is 1. The molecule has 0 aromatic carbocycles. The Morgan fingerprint density at radius 1 is 1.42 bits per heavy atom. The van der Waals surface area contributed by atoms with Crippen LogP contribution in [0, 0.1) is 17.3 Å². The quantitative estimate of drug-likeness (QED) is 0.845. The summed E-state index contributed by atoms with van der Waals surface area (Å²) >= 11 is 1.64. The number of nitrogens with zero attached hydrogens (tertiary/aromatic N) is 2. The Hall–Kier alpha value is -1.23. The number of urea groups is 1. The van der Waals surface area contributed by atoms with Gasteiger partial charge < -0.3 is 4.90 Å². The van der Waals surface area contributed by atoms with Crippen molar-refractivity contribution in [1.29, 1.82) is 0 Å². The molecule has 3 rings (SSSR count). The zero-order valence-corrected chi connectivity index (χ0v) is 12.3. The number of thioether (sulfide) groups is 1. The maximum absolute atomic E-state index is 12.1. The second-order valence-electron chi connectivity index (χ2n) is 5.95. The first-order chi connectivity index (χ1) is 9.02. The second-order valence-corrected chi connectivity index (χ2v) is 6.83. The van der Waals surface area contributed by atoms with Crippen LogP contribution in [0.25, 0.3) is 0 Å². The molecule has 4 nitrogen and oxygen atoms in total. The van der Waals surface area contributed by atoms with Gasteiger partial charge in [0.15, 0.2) is 0 Å². The van der Waals surface area contributed by atoms with E-state index in [1.54, 1.807) is 18.0 Å². The summed E-state index contributed by atoms with van der Waals surface area (Å²) in [6.07, 6.45) is 3.79. The molecule has 5 heteroatoms. The average Bonchev–Trinajstić information content (AvgIpc) is 2.81. The van der Waals surface area contributed by atoms with Crippen molar-refractivity contribution in [2.75, 3.05) is 24.7 Å². The monoisotopic (exact) mass is 277 g/mol. The Balaban J connectivity index is 1.57. The van der Waals surface area contributed by atoms with E-state index in [1.807, 2.05) is 23.3 Å². The van der Waals surface area contributed by atoms with Crippen molar-refractivity contribution in [2.24, 2.45) is 17.3 Å². The summed E-state index contributed by atoms with van der Waals surface area (Å²) in [6.45, 7) is 6.35. The van der Waals surface area contributed by atoms with Crippen molar-refractivity contribution < 1.29 is 4.79 Å². The molecule has 19 heavy (non-hydrogen) atoms. The van der Waals surface area contributed by atoms with E-state index in [2.05, 4.69) is 24.1 Å². The van der Waals surface area contributed by atoms with Gasteiger partial charge in [0.05, 0.1) is 0 Å². The van der Waals surface area contributed by atoms with Crippen LogP contribution in [0.1, 0.15) is 13.8 Å². The Morgan fingerprint density at radius 3 is 2.63 bits per heavy atom. The van der Waals surface area contributed by atoms with Gasteiger partial charge in [0, 0.05) is 24.2 Å². The fourth-order valence-electron chi connectivity index (χ4n) is 3.06. The normalized spacial score (nSPS) is 27.0. The van der Waals surface area contributed by atoms with Crippen molar-refractivity contribution in [3.63, 3.8) is 0 Å². The SMILES string of the molecule is CSc1ccc(NC(=O)N2C[C@@H]3[C@H](C2)C3(C)C)nc1. The zero-order valence-electron chi connectivity index (χ0n) is 11.5. The fourth-order valence-corrected chi connectivity index (χ4v) is 3.42. The number of nitrogens with one attached hydrogen (secondary N) is 1. The van der Waals surface area contributed by atoms with Crippen molar-refractivity contribution in [1.82, 2.24) is 9.88 Å². The molecule has 1 N–H and O–H groups in total. The molecule has 1 saturated heterocycles. The molecule has 2 heterocycles. The molecule has 2 atom stereocenters. The first-order valence-electron chi connectivity index (χ1n) is 6.58. The van der Waals surface area contributed by atoms with E-state index in [-0.39, 0.29) is 6.03 Å². The van der Waals surface area contributed by atoms with Crippen LogP contribution in [-0.2, 0) is 0 Å². The number of rotatable bonds is 2. The van der Waals surface area contributed by atoms with Crippen molar-refractivity contribution in [3.05, 3.63) is 18.3 Å². The van der Waals surface area contributed by atoms with E-state index >= 15 is 0 Å². The highest BCUT2D eigenvalue weighted by Crippen LogP contribution is 2.61. The fraction of sp³-hybridized carbons (Fsp3) is 0.571. The lowest BCUT2D eigenvalue weighted by Crippen LogP contribution is -2.36. The summed E-state index contributed by atoms with van der Waals surface area (Å²) in [4.78, 5) is 19.4. The predicted molar refractivity (Wildman–Crippen MR) is 77.4 cm³/mol. The van der Waals surface area contributed by atoms with E-state index in [9.17, 15) is 4.79 Å². The number of hydrogen-bond acceptors (Lipinski definition) is 3. The van der Waals surface area contributed by atoms with Gasteiger partial charge in [-0.15, -0.1) is 11.8 Å². The number of amides is 2. The van der Waals surface area contributed by atoms with Gasteiger partial charge in [-0.2, -0.15) is 0 Å². The van der Waals surface area contributed by atoms with Crippen LogP contribution in [0.15, 0.2) is 23.2 Å². The topological polar surface area (TPSA) is 45.2 Å². The van der Waals surface area contributed by atoms with Gasteiger partial charge in [0.1, 0.15) is 5.82 Å².